The Bertz CT molecular complexity index is 982. The first kappa shape index (κ1) is 17.5. The number of nitrogens with one attached hydrogen (secondary N) is 1. The Hall–Kier alpha value is -2.93. The van der Waals surface area contributed by atoms with Gasteiger partial charge in [-0.25, -0.2) is 9.78 Å². The molecular formula is C20H24N6O. The molecule has 3 aromatic rings. The average Bonchev–Trinajstić information content (AvgIpc) is 3.09. The van der Waals surface area contributed by atoms with E-state index in [1.54, 1.807) is 10.9 Å². The van der Waals surface area contributed by atoms with Crippen LogP contribution in [0, 0.1) is 0 Å². The van der Waals surface area contributed by atoms with Gasteiger partial charge in [0.2, 0.25) is 0 Å². The fourth-order valence-corrected chi connectivity index (χ4v) is 3.38. The zero-order chi connectivity index (χ0) is 19.0. The van der Waals surface area contributed by atoms with Gasteiger partial charge in [0, 0.05) is 56.1 Å². The molecule has 1 aliphatic heterocycles. The van der Waals surface area contributed by atoms with Crippen molar-refractivity contribution in [1.82, 2.24) is 24.6 Å². The minimum atomic E-state index is -0.0924. The number of carbonyl (C=O) groups excluding carboxylic acids is 1. The summed E-state index contributed by atoms with van der Waals surface area (Å²) in [7, 11) is 3.99. The van der Waals surface area contributed by atoms with E-state index in [9.17, 15) is 4.79 Å². The Morgan fingerprint density at radius 2 is 1.96 bits per heavy atom. The van der Waals surface area contributed by atoms with Gasteiger partial charge in [-0.15, -0.1) is 0 Å². The number of benzene rings is 1. The Kier molecular flexibility index (Phi) is 4.53. The lowest BCUT2D eigenvalue weighted by atomic mass is 10.1. The number of anilines is 1. The highest BCUT2D eigenvalue weighted by molar-refractivity contribution is 5.93. The monoisotopic (exact) mass is 364 g/mol. The highest BCUT2D eigenvalue weighted by Gasteiger charge is 2.24. The maximum Gasteiger partial charge on any atom is 0.323 e. The van der Waals surface area contributed by atoms with Crippen LogP contribution in [0.1, 0.15) is 6.92 Å². The van der Waals surface area contributed by atoms with Crippen molar-refractivity contribution in [2.24, 2.45) is 7.05 Å². The third-order valence-corrected chi connectivity index (χ3v) is 5.24. The zero-order valence-corrected chi connectivity index (χ0v) is 15.9. The lowest BCUT2D eigenvalue weighted by Crippen LogP contribution is -2.53. The molecule has 1 aliphatic rings. The maximum absolute atomic E-state index is 12.6. The number of likely N-dealkylation sites (N-methyl/N-ethyl adjacent to an activating group) is 1. The molecule has 0 saturated carbocycles. The number of hydrogen-bond donors (Lipinski definition) is 1. The minimum Gasteiger partial charge on any atom is -0.322 e. The smallest absolute Gasteiger partial charge is 0.322 e. The fraction of sp³-hybridized carbons (Fsp3) is 0.350. The molecule has 140 valence electrons. The van der Waals surface area contributed by atoms with Crippen molar-refractivity contribution in [2.75, 3.05) is 32.0 Å². The van der Waals surface area contributed by atoms with Gasteiger partial charge in [0.1, 0.15) is 5.82 Å². The van der Waals surface area contributed by atoms with E-state index in [0.717, 1.165) is 41.5 Å². The van der Waals surface area contributed by atoms with Crippen LogP contribution in [-0.4, -0.2) is 63.3 Å². The van der Waals surface area contributed by atoms with Crippen molar-refractivity contribution >= 4 is 22.6 Å². The Morgan fingerprint density at radius 3 is 2.70 bits per heavy atom. The second-order valence-electron chi connectivity index (χ2n) is 7.24. The Balaban J connectivity index is 1.54. The van der Waals surface area contributed by atoms with Crippen LogP contribution in [0.4, 0.5) is 10.6 Å². The summed E-state index contributed by atoms with van der Waals surface area (Å²) in [6, 6.07) is 8.39. The van der Waals surface area contributed by atoms with E-state index < -0.39 is 0 Å². The third-order valence-electron chi connectivity index (χ3n) is 5.24. The highest BCUT2D eigenvalue weighted by atomic mass is 16.2. The molecule has 0 spiro atoms. The quantitative estimate of drug-likeness (QED) is 0.759. The van der Waals surface area contributed by atoms with Gasteiger partial charge in [-0.1, -0.05) is 12.1 Å². The molecule has 0 bridgehead atoms. The Morgan fingerprint density at radius 1 is 1.11 bits per heavy atom. The lowest BCUT2D eigenvalue weighted by Gasteiger charge is -2.37. The van der Waals surface area contributed by atoms with Gasteiger partial charge in [-0.2, -0.15) is 5.10 Å². The van der Waals surface area contributed by atoms with Gasteiger partial charge in [0.15, 0.2) is 0 Å². The number of carbonyl (C=O) groups is 1. The summed E-state index contributed by atoms with van der Waals surface area (Å²) in [6.45, 7) is 4.47. The van der Waals surface area contributed by atoms with E-state index in [0.29, 0.717) is 11.9 Å². The summed E-state index contributed by atoms with van der Waals surface area (Å²) in [5.41, 5.74) is 2.15. The molecule has 1 N–H and O–H groups in total. The van der Waals surface area contributed by atoms with E-state index in [2.05, 4.69) is 46.4 Å². The topological polar surface area (TPSA) is 66.3 Å². The number of aromatic nitrogens is 3. The number of pyridine rings is 1. The standard InChI is InChI=1S/C20H24N6O/c1-14-12-26(7-6-24(14)2)20(27)23-19-9-17-8-15(4-5-16(17)10-21-19)18-11-22-25(3)13-18/h4-5,8-11,13-14H,6-7,12H2,1-3H3,(H,21,23,27)/t14-/m1/s1. The number of rotatable bonds is 2. The number of nitrogens with zero attached hydrogens (tertiary/aromatic N) is 5. The molecule has 4 rings (SSSR count). The molecule has 1 aromatic carbocycles. The lowest BCUT2D eigenvalue weighted by molar-refractivity contribution is 0.125. The van der Waals surface area contributed by atoms with Gasteiger partial charge < -0.3 is 9.80 Å². The first-order chi connectivity index (χ1) is 13.0. The summed E-state index contributed by atoms with van der Waals surface area (Å²) >= 11 is 0. The number of hydrogen-bond acceptors (Lipinski definition) is 4. The minimum absolute atomic E-state index is 0.0924. The van der Waals surface area contributed by atoms with Crippen LogP contribution in [0.5, 0.6) is 0 Å². The SMILES string of the molecule is C[C@@H]1CN(C(=O)Nc2cc3cc(-c4cnn(C)c4)ccc3cn2)CCN1C. The average molecular weight is 364 g/mol. The van der Waals surface area contributed by atoms with E-state index >= 15 is 0 Å². The molecule has 27 heavy (non-hydrogen) atoms. The molecule has 2 amide bonds. The second kappa shape index (κ2) is 7.00. The molecule has 2 aromatic heterocycles. The molecule has 1 atom stereocenters. The molecule has 0 aliphatic carbocycles. The van der Waals surface area contributed by atoms with Crippen molar-refractivity contribution < 1.29 is 4.79 Å². The highest BCUT2D eigenvalue weighted by Crippen LogP contribution is 2.25. The number of amides is 2. The van der Waals surface area contributed by atoms with Crippen LogP contribution in [0.2, 0.25) is 0 Å². The van der Waals surface area contributed by atoms with E-state index in [1.165, 1.54) is 0 Å². The summed E-state index contributed by atoms with van der Waals surface area (Å²) in [6.07, 6.45) is 5.63. The molecule has 0 radical (unpaired) electrons. The van der Waals surface area contributed by atoms with Crippen LogP contribution < -0.4 is 5.32 Å². The third kappa shape index (κ3) is 3.64. The summed E-state index contributed by atoms with van der Waals surface area (Å²) in [4.78, 5) is 21.1. The van der Waals surface area contributed by atoms with Crippen LogP contribution in [0.15, 0.2) is 42.9 Å². The maximum atomic E-state index is 12.6. The molecule has 3 heterocycles. The van der Waals surface area contributed by atoms with Gasteiger partial charge in [0.25, 0.3) is 0 Å². The van der Waals surface area contributed by atoms with Crippen LogP contribution in [0.3, 0.4) is 0 Å². The normalized spacial score (nSPS) is 18.0. The summed E-state index contributed by atoms with van der Waals surface area (Å²) in [5.74, 6) is 0.572. The number of piperazine rings is 1. The number of fused-ring (bicyclic) bond motifs is 1. The van der Waals surface area contributed by atoms with E-state index in [-0.39, 0.29) is 6.03 Å². The van der Waals surface area contributed by atoms with Crippen molar-refractivity contribution in [3.63, 3.8) is 0 Å². The van der Waals surface area contributed by atoms with Gasteiger partial charge in [-0.05, 0) is 37.1 Å². The number of urea groups is 1. The van der Waals surface area contributed by atoms with E-state index in [4.69, 9.17) is 0 Å². The molecule has 1 fully saturated rings. The molecule has 7 nitrogen and oxygen atoms in total. The largest absolute Gasteiger partial charge is 0.323 e. The predicted molar refractivity (Wildman–Crippen MR) is 107 cm³/mol. The van der Waals surface area contributed by atoms with Crippen molar-refractivity contribution in [3.8, 4) is 11.1 Å². The van der Waals surface area contributed by atoms with Crippen LogP contribution in [-0.2, 0) is 7.05 Å². The summed E-state index contributed by atoms with van der Waals surface area (Å²) in [5, 5.41) is 9.25. The predicted octanol–water partition coefficient (Wildman–Crippen LogP) is 2.80. The van der Waals surface area contributed by atoms with Gasteiger partial charge in [-0.3, -0.25) is 10.00 Å². The van der Waals surface area contributed by atoms with Crippen molar-refractivity contribution in [1.29, 1.82) is 0 Å². The van der Waals surface area contributed by atoms with Crippen molar-refractivity contribution in [3.05, 3.63) is 42.9 Å². The molecule has 0 unspecified atom stereocenters. The molecule has 1 saturated heterocycles. The van der Waals surface area contributed by atoms with Crippen LogP contribution >= 0.6 is 0 Å². The van der Waals surface area contributed by atoms with Gasteiger partial charge in [0.05, 0.1) is 6.20 Å². The summed E-state index contributed by atoms with van der Waals surface area (Å²) < 4.78 is 1.79. The van der Waals surface area contributed by atoms with Crippen molar-refractivity contribution in [2.45, 2.75) is 13.0 Å². The first-order valence-electron chi connectivity index (χ1n) is 9.14. The Labute approximate surface area is 158 Å². The van der Waals surface area contributed by atoms with Gasteiger partial charge >= 0.3 is 6.03 Å². The molecular weight excluding hydrogens is 340 g/mol. The number of aryl methyl sites for hydroxylation is 1. The fourth-order valence-electron chi connectivity index (χ4n) is 3.38. The second-order valence-corrected chi connectivity index (χ2v) is 7.24. The van der Waals surface area contributed by atoms with Crippen LogP contribution in [0.25, 0.3) is 21.9 Å². The first-order valence-corrected chi connectivity index (χ1v) is 9.14. The molecule has 7 heteroatoms. The van der Waals surface area contributed by atoms with E-state index in [1.807, 2.05) is 36.5 Å². The zero-order valence-electron chi connectivity index (χ0n) is 15.9.